The predicted molar refractivity (Wildman–Crippen MR) is 125 cm³/mol. The highest BCUT2D eigenvalue weighted by atomic mass is 19.4. The number of alkyl halides is 5. The molecule has 0 aromatic heterocycles. The Morgan fingerprint density at radius 3 is 2.50 bits per heavy atom. The number of nitrogens with one attached hydrogen (secondary N) is 1. The molecule has 2 aromatic rings. The molecule has 0 saturated heterocycles. The maximum Gasteiger partial charge on any atom is 0.419 e. The highest BCUT2D eigenvalue weighted by Crippen LogP contribution is 2.41. The molecule has 0 atom stereocenters. The molecule has 0 aliphatic carbocycles. The molecule has 0 saturated carbocycles. The van der Waals surface area contributed by atoms with Gasteiger partial charge in [0.2, 0.25) is 0 Å². The van der Waals surface area contributed by atoms with Crippen LogP contribution in [0.1, 0.15) is 52.4 Å². The second-order valence-corrected chi connectivity index (χ2v) is 8.45. The van der Waals surface area contributed by atoms with Gasteiger partial charge in [0.1, 0.15) is 18.1 Å². The summed E-state index contributed by atoms with van der Waals surface area (Å²) in [4.78, 5) is 36.4. The maximum absolute atomic E-state index is 13.1. The lowest BCUT2D eigenvalue weighted by atomic mass is 9.93. The minimum Gasteiger partial charge on any atom is -0.496 e. The molecular weight excluding hydrogens is 517 g/mol. The monoisotopic (exact) mass is 541 g/mol. The van der Waals surface area contributed by atoms with Crippen molar-refractivity contribution in [2.45, 2.75) is 52.3 Å². The number of carbonyl (C=O) groups excluding carboxylic acids is 3. The van der Waals surface area contributed by atoms with Crippen LogP contribution in [0.25, 0.3) is 0 Å². The van der Waals surface area contributed by atoms with Gasteiger partial charge in [0.05, 0.1) is 23.9 Å². The fourth-order valence-corrected chi connectivity index (χ4v) is 4.01. The summed E-state index contributed by atoms with van der Waals surface area (Å²) < 4.78 is 80.8. The van der Waals surface area contributed by atoms with Crippen molar-refractivity contribution in [2.75, 3.05) is 12.4 Å². The number of anilines is 1. The van der Waals surface area contributed by atoms with E-state index in [1.807, 2.05) is 0 Å². The minimum absolute atomic E-state index is 0.0151. The Kier molecular flexibility index (Phi) is 8.74. The lowest BCUT2D eigenvalue weighted by Gasteiger charge is -2.19. The van der Waals surface area contributed by atoms with Gasteiger partial charge in [-0.3, -0.25) is 9.59 Å². The number of rotatable bonds is 9. The van der Waals surface area contributed by atoms with Gasteiger partial charge in [0.25, 0.3) is 5.91 Å². The van der Waals surface area contributed by atoms with Crippen LogP contribution in [0, 0.1) is 6.92 Å². The number of esters is 2. The lowest BCUT2D eigenvalue weighted by molar-refractivity contribution is -0.142. The molecule has 2 aromatic carbocycles. The van der Waals surface area contributed by atoms with E-state index in [1.54, 1.807) is 19.9 Å². The molecule has 0 bridgehead atoms. The van der Waals surface area contributed by atoms with Crippen LogP contribution in [0.3, 0.4) is 0 Å². The number of benzene rings is 2. The van der Waals surface area contributed by atoms with Crippen LogP contribution in [-0.2, 0) is 33.5 Å². The summed E-state index contributed by atoms with van der Waals surface area (Å²) in [6.45, 7) is 3.20. The van der Waals surface area contributed by atoms with Gasteiger partial charge in [-0.15, -0.1) is 0 Å². The first-order valence-electron chi connectivity index (χ1n) is 11.4. The van der Waals surface area contributed by atoms with E-state index in [9.17, 15) is 36.3 Å². The molecule has 1 aliphatic rings. The number of ether oxygens (including phenoxy) is 3. The number of methoxy groups -OCH3 is 1. The molecule has 1 aliphatic heterocycles. The Hall–Kier alpha value is -3.96. The molecule has 0 spiro atoms. The molecule has 1 amide bonds. The van der Waals surface area contributed by atoms with Crippen molar-refractivity contribution in [3.63, 3.8) is 0 Å². The zero-order valence-corrected chi connectivity index (χ0v) is 20.6. The summed E-state index contributed by atoms with van der Waals surface area (Å²) >= 11 is 0. The predicted octanol–water partition coefficient (Wildman–Crippen LogP) is 5.77. The largest absolute Gasteiger partial charge is 0.496 e. The number of hydrogen-bond acceptors (Lipinski definition) is 6. The molecule has 38 heavy (non-hydrogen) atoms. The van der Waals surface area contributed by atoms with E-state index in [0.717, 1.165) is 12.1 Å². The van der Waals surface area contributed by atoms with Crippen molar-refractivity contribution < 1.29 is 50.5 Å². The first-order valence-corrected chi connectivity index (χ1v) is 11.4. The van der Waals surface area contributed by atoms with E-state index in [-0.39, 0.29) is 48.4 Å². The molecule has 0 fully saturated rings. The van der Waals surface area contributed by atoms with Crippen LogP contribution in [-0.4, -0.2) is 31.4 Å². The van der Waals surface area contributed by atoms with E-state index in [1.165, 1.54) is 19.2 Å². The van der Waals surface area contributed by atoms with Crippen molar-refractivity contribution in [2.24, 2.45) is 0 Å². The summed E-state index contributed by atoms with van der Waals surface area (Å²) in [7, 11) is 1.35. The fourth-order valence-electron chi connectivity index (χ4n) is 4.01. The molecule has 204 valence electrons. The average molecular weight is 541 g/mol. The van der Waals surface area contributed by atoms with Crippen LogP contribution in [0.2, 0.25) is 0 Å². The zero-order chi connectivity index (χ0) is 28.2. The highest BCUT2D eigenvalue weighted by Gasteiger charge is 2.35. The SMILES string of the molecule is COc1c(C)c2c(c(NC(=O)C(F)F)c1C/C=C(\C)CCC(=O)Oc1ccccc1C(F)(F)F)C(=O)OC2. The van der Waals surface area contributed by atoms with E-state index in [0.29, 0.717) is 16.7 Å². The second kappa shape index (κ2) is 11.6. The third kappa shape index (κ3) is 6.29. The standard InChI is InChI=1S/C26H24F5NO6/c1-13(9-11-19(33)38-18-7-5-4-6-17(18)26(29,30)31)8-10-15-21(32-24(34)23(27)28)20-16(12-37-25(20)35)14(2)22(15)36-3/h4-8,23H,9-12H2,1-3H3,(H,32,34)/b13-8+. The normalized spacial score (nSPS) is 13.3. The third-order valence-corrected chi connectivity index (χ3v) is 5.92. The Morgan fingerprint density at radius 1 is 1.18 bits per heavy atom. The van der Waals surface area contributed by atoms with Crippen LogP contribution in [0.4, 0.5) is 27.6 Å². The quantitative estimate of drug-likeness (QED) is 0.188. The molecule has 0 unspecified atom stereocenters. The van der Waals surface area contributed by atoms with Crippen molar-refractivity contribution in [1.29, 1.82) is 0 Å². The van der Waals surface area contributed by atoms with Crippen molar-refractivity contribution in [3.8, 4) is 11.5 Å². The van der Waals surface area contributed by atoms with Gasteiger partial charge in [-0.1, -0.05) is 23.8 Å². The van der Waals surface area contributed by atoms with Gasteiger partial charge in [0.15, 0.2) is 0 Å². The van der Waals surface area contributed by atoms with Crippen LogP contribution in [0.5, 0.6) is 11.5 Å². The highest BCUT2D eigenvalue weighted by molar-refractivity contribution is 6.06. The van der Waals surface area contributed by atoms with Gasteiger partial charge in [-0.05, 0) is 44.4 Å². The summed E-state index contributed by atoms with van der Waals surface area (Å²) in [5, 5.41) is 2.10. The number of fused-ring (bicyclic) bond motifs is 1. The van der Waals surface area contributed by atoms with Gasteiger partial charge >= 0.3 is 24.5 Å². The van der Waals surface area contributed by atoms with Gasteiger partial charge in [0, 0.05) is 17.5 Å². The Morgan fingerprint density at radius 2 is 1.87 bits per heavy atom. The summed E-state index contributed by atoms with van der Waals surface area (Å²) in [6.07, 6.45) is -6.52. The summed E-state index contributed by atoms with van der Waals surface area (Å²) in [6, 6.07) is 4.35. The van der Waals surface area contributed by atoms with Gasteiger partial charge < -0.3 is 19.5 Å². The van der Waals surface area contributed by atoms with Crippen LogP contribution < -0.4 is 14.8 Å². The van der Waals surface area contributed by atoms with Crippen molar-refractivity contribution in [1.82, 2.24) is 0 Å². The molecule has 0 radical (unpaired) electrons. The smallest absolute Gasteiger partial charge is 0.419 e. The summed E-state index contributed by atoms with van der Waals surface area (Å²) in [5.41, 5.74) is 0.543. The van der Waals surface area contributed by atoms with E-state index < -0.39 is 41.8 Å². The van der Waals surface area contributed by atoms with E-state index in [2.05, 4.69) is 5.32 Å². The number of allylic oxidation sites excluding steroid dienone is 2. The molecular formula is C26H24F5NO6. The number of cyclic esters (lactones) is 1. The number of halogens is 5. The number of hydrogen-bond donors (Lipinski definition) is 1. The van der Waals surface area contributed by atoms with Crippen molar-refractivity contribution >= 4 is 23.5 Å². The molecule has 3 rings (SSSR count). The maximum atomic E-state index is 13.1. The zero-order valence-electron chi connectivity index (χ0n) is 20.6. The van der Waals surface area contributed by atoms with E-state index >= 15 is 0 Å². The molecule has 12 heteroatoms. The average Bonchev–Trinajstić information content (AvgIpc) is 3.24. The molecule has 1 N–H and O–H groups in total. The van der Waals surface area contributed by atoms with Crippen molar-refractivity contribution in [3.05, 3.63) is 63.7 Å². The number of amides is 1. The molecule has 1 heterocycles. The molecule has 7 nitrogen and oxygen atoms in total. The van der Waals surface area contributed by atoms with Gasteiger partial charge in [-0.25, -0.2) is 4.79 Å². The lowest BCUT2D eigenvalue weighted by Crippen LogP contribution is -2.23. The van der Waals surface area contributed by atoms with Crippen LogP contribution in [0.15, 0.2) is 35.9 Å². The Bertz CT molecular complexity index is 1290. The third-order valence-electron chi connectivity index (χ3n) is 5.92. The minimum atomic E-state index is -4.69. The summed E-state index contributed by atoms with van der Waals surface area (Å²) in [5.74, 6) is -3.61. The van der Waals surface area contributed by atoms with E-state index in [4.69, 9.17) is 14.2 Å². The second-order valence-electron chi connectivity index (χ2n) is 8.45. The van der Waals surface area contributed by atoms with Crippen LogP contribution >= 0.6 is 0 Å². The first kappa shape index (κ1) is 28.6. The Balaban J connectivity index is 1.81. The number of carbonyl (C=O) groups is 3. The number of para-hydroxylation sites is 1. The first-order chi connectivity index (χ1) is 17.8. The van der Waals surface area contributed by atoms with Gasteiger partial charge in [-0.2, -0.15) is 22.0 Å². The fraction of sp³-hybridized carbons (Fsp3) is 0.346. The Labute approximate surface area is 214 Å². The topological polar surface area (TPSA) is 90.9 Å².